The summed E-state index contributed by atoms with van der Waals surface area (Å²) < 4.78 is 12.4. The van der Waals surface area contributed by atoms with E-state index in [9.17, 15) is 20.0 Å². The minimum absolute atomic E-state index is 0.109. The van der Waals surface area contributed by atoms with E-state index >= 15 is 0 Å². The van der Waals surface area contributed by atoms with Crippen LogP contribution in [0.25, 0.3) is 36.0 Å². The number of nitrogens with zero attached hydrogens (tertiary/aromatic N) is 2. The summed E-state index contributed by atoms with van der Waals surface area (Å²) in [6, 6.07) is 30.8. The van der Waals surface area contributed by atoms with Crippen LogP contribution in [0.3, 0.4) is 0 Å². The Bertz CT molecular complexity index is 2310. The lowest BCUT2D eigenvalue weighted by Crippen LogP contribution is -2.14. The first-order valence-electron chi connectivity index (χ1n) is 15.4. The summed E-state index contributed by atoms with van der Waals surface area (Å²) >= 11 is 4.40. The van der Waals surface area contributed by atoms with E-state index < -0.39 is 5.97 Å². The molecule has 0 saturated heterocycles. The number of carbonyl (C=O) groups is 2. The molecular weight excluding hydrogens is 673 g/mol. The van der Waals surface area contributed by atoms with Crippen LogP contribution in [0.15, 0.2) is 90.5 Å². The van der Waals surface area contributed by atoms with E-state index in [4.69, 9.17) is 9.47 Å². The summed E-state index contributed by atoms with van der Waals surface area (Å²) in [6.45, 7) is 5.04. The first-order valence-corrected chi connectivity index (χ1v) is 17.9. The molecule has 1 N–H and O–H groups in total. The van der Waals surface area contributed by atoms with Gasteiger partial charge in [0.25, 0.3) is 0 Å². The third-order valence-corrected chi connectivity index (χ3v) is 12.2. The monoisotopic (exact) mass is 698 g/mol. The molecule has 0 bridgehead atoms. The molecule has 3 aromatic carbocycles. The van der Waals surface area contributed by atoms with Crippen molar-refractivity contribution < 1.29 is 24.2 Å². The van der Waals surface area contributed by atoms with Crippen molar-refractivity contribution >= 4 is 68.9 Å². The van der Waals surface area contributed by atoms with Crippen LogP contribution < -0.4 is 14.4 Å². The summed E-state index contributed by atoms with van der Waals surface area (Å²) in [7, 11) is 0. The standard InChI is InChI=1S/C39H26N2O5S3/c1-21-3-9-25(10-4-21)41(26-11-5-22(2)6-12-26)27-13-7-23(8-14-27)35-33-34(46-16-15-45-33)38(49-35)31-19-30-32(42)29-18-28(17-24(20-40)39(43)44)47-36(29)37(30)48-31/h3-14,17-19H,15-16H2,1-2H3,(H,43,44)/b24-17+. The van der Waals surface area contributed by atoms with Gasteiger partial charge in [-0.05, 0) is 74.0 Å². The van der Waals surface area contributed by atoms with Crippen molar-refractivity contribution in [3.63, 3.8) is 0 Å². The highest BCUT2D eigenvalue weighted by Gasteiger charge is 2.34. The molecule has 0 amide bonds. The molecule has 2 aliphatic rings. The number of aryl methyl sites for hydroxylation is 2. The van der Waals surface area contributed by atoms with Gasteiger partial charge in [-0.2, -0.15) is 5.26 Å². The van der Waals surface area contributed by atoms with Crippen molar-refractivity contribution in [3.05, 3.63) is 118 Å². The first-order chi connectivity index (χ1) is 23.8. The Balaban J connectivity index is 1.16. The quantitative estimate of drug-likeness (QED) is 0.131. The predicted molar refractivity (Wildman–Crippen MR) is 196 cm³/mol. The molecular formula is C39H26N2O5S3. The number of anilines is 3. The summed E-state index contributed by atoms with van der Waals surface area (Å²) in [5.41, 5.74) is 7.34. The van der Waals surface area contributed by atoms with Gasteiger partial charge >= 0.3 is 5.97 Å². The lowest BCUT2D eigenvalue weighted by atomic mass is 10.1. The van der Waals surface area contributed by atoms with Crippen molar-refractivity contribution in [1.82, 2.24) is 0 Å². The molecule has 1 aliphatic carbocycles. The Morgan fingerprint density at radius 1 is 0.755 bits per heavy atom. The van der Waals surface area contributed by atoms with Crippen molar-refractivity contribution in [2.24, 2.45) is 0 Å². The fourth-order valence-corrected chi connectivity index (χ4v) is 9.69. The normalized spacial score (nSPS) is 13.2. The van der Waals surface area contributed by atoms with Crippen LogP contribution in [0.5, 0.6) is 11.5 Å². The van der Waals surface area contributed by atoms with Gasteiger partial charge in [-0.1, -0.05) is 47.5 Å². The van der Waals surface area contributed by atoms with Crippen LogP contribution in [0.4, 0.5) is 17.1 Å². The van der Waals surface area contributed by atoms with Crippen molar-refractivity contribution in [1.29, 1.82) is 5.26 Å². The number of carbonyl (C=O) groups excluding carboxylic acids is 1. The molecule has 7 nitrogen and oxygen atoms in total. The molecule has 4 heterocycles. The van der Waals surface area contributed by atoms with Crippen LogP contribution in [-0.4, -0.2) is 30.1 Å². The molecule has 6 aromatic rings. The van der Waals surface area contributed by atoms with E-state index in [0.717, 1.165) is 47.0 Å². The van der Waals surface area contributed by atoms with Gasteiger partial charge in [0.2, 0.25) is 0 Å². The van der Waals surface area contributed by atoms with E-state index in [1.807, 2.05) is 6.07 Å². The number of nitriles is 1. The number of rotatable bonds is 7. The lowest BCUT2D eigenvalue weighted by Gasteiger charge is -2.26. The van der Waals surface area contributed by atoms with Crippen LogP contribution in [-0.2, 0) is 4.79 Å². The number of carboxylic acid groups (broad SMARTS) is 1. The number of hydrogen-bond donors (Lipinski definition) is 1. The molecule has 240 valence electrons. The third kappa shape index (κ3) is 5.42. The minimum Gasteiger partial charge on any atom is -0.485 e. The number of ether oxygens (including phenoxy) is 2. The Morgan fingerprint density at radius 3 is 1.86 bits per heavy atom. The largest absolute Gasteiger partial charge is 0.485 e. The predicted octanol–water partition coefficient (Wildman–Crippen LogP) is 10.3. The molecule has 0 saturated carbocycles. The van der Waals surface area contributed by atoms with Gasteiger partial charge in [0.1, 0.15) is 24.9 Å². The van der Waals surface area contributed by atoms with Gasteiger partial charge in [-0.25, -0.2) is 4.79 Å². The second kappa shape index (κ2) is 12.2. The number of hydrogen-bond acceptors (Lipinski definition) is 9. The van der Waals surface area contributed by atoms with Gasteiger partial charge in [0, 0.05) is 37.9 Å². The SMILES string of the molecule is Cc1ccc(N(c2ccc(C)cc2)c2ccc(-c3sc(-c4cc5c(s4)-c4sc(/C=C(\C#N)C(=O)O)cc4C5=O)c4c3OCCO4)cc2)cc1. The molecule has 0 unspecified atom stereocenters. The molecule has 8 rings (SSSR count). The van der Waals surface area contributed by atoms with Crippen molar-refractivity contribution in [2.75, 3.05) is 18.1 Å². The average Bonchev–Trinajstić information content (AvgIpc) is 3.88. The number of fused-ring (bicyclic) bond motifs is 4. The topological polar surface area (TPSA) is 99.9 Å². The average molecular weight is 699 g/mol. The number of thiophene rings is 3. The van der Waals surface area contributed by atoms with Crippen molar-refractivity contribution in [2.45, 2.75) is 13.8 Å². The molecule has 0 atom stereocenters. The maximum atomic E-state index is 13.4. The molecule has 0 fully saturated rings. The Kier molecular flexibility index (Phi) is 7.68. The highest BCUT2D eigenvalue weighted by molar-refractivity contribution is 7.28. The Morgan fingerprint density at radius 2 is 1.29 bits per heavy atom. The van der Waals surface area contributed by atoms with Crippen molar-refractivity contribution in [3.8, 4) is 47.5 Å². The van der Waals surface area contributed by atoms with Crippen LogP contribution in [0.2, 0.25) is 0 Å². The Labute approximate surface area is 294 Å². The number of carboxylic acids is 1. The van der Waals surface area contributed by atoms with Gasteiger partial charge in [-0.3, -0.25) is 4.79 Å². The molecule has 10 heteroatoms. The highest BCUT2D eigenvalue weighted by Crippen LogP contribution is 2.57. The summed E-state index contributed by atoms with van der Waals surface area (Å²) in [5, 5.41) is 18.5. The smallest absolute Gasteiger partial charge is 0.346 e. The van der Waals surface area contributed by atoms with Gasteiger partial charge in [-0.15, -0.1) is 34.0 Å². The summed E-state index contributed by atoms with van der Waals surface area (Å²) in [5.74, 6) is -0.0256. The summed E-state index contributed by atoms with van der Waals surface area (Å²) in [4.78, 5) is 32.0. The fourth-order valence-electron chi connectivity index (χ4n) is 5.99. The Hall–Kier alpha value is -5.47. The molecule has 49 heavy (non-hydrogen) atoms. The maximum absolute atomic E-state index is 13.4. The third-order valence-electron chi connectivity index (χ3n) is 8.41. The number of benzene rings is 3. The van der Waals surface area contributed by atoms with Crippen LogP contribution in [0, 0.1) is 25.2 Å². The zero-order valence-electron chi connectivity index (χ0n) is 26.3. The molecule has 1 aliphatic heterocycles. The van der Waals surface area contributed by atoms with Gasteiger partial charge < -0.3 is 19.5 Å². The van der Waals surface area contributed by atoms with Crippen LogP contribution >= 0.6 is 34.0 Å². The minimum atomic E-state index is -1.30. The van der Waals surface area contributed by atoms with Gasteiger partial charge in [0.15, 0.2) is 17.3 Å². The van der Waals surface area contributed by atoms with E-state index in [0.29, 0.717) is 40.7 Å². The highest BCUT2D eigenvalue weighted by atomic mass is 32.1. The van der Waals surface area contributed by atoms with E-state index in [2.05, 4.69) is 91.5 Å². The second-order valence-electron chi connectivity index (χ2n) is 11.7. The zero-order chi connectivity index (χ0) is 33.8. The molecule has 0 spiro atoms. The number of ketones is 1. The maximum Gasteiger partial charge on any atom is 0.346 e. The van der Waals surface area contributed by atoms with Crippen LogP contribution in [0.1, 0.15) is 31.9 Å². The zero-order valence-corrected chi connectivity index (χ0v) is 28.7. The van der Waals surface area contributed by atoms with E-state index in [-0.39, 0.29) is 11.4 Å². The fraction of sp³-hybridized carbons (Fsp3) is 0.103. The van der Waals surface area contributed by atoms with E-state index in [1.165, 1.54) is 39.9 Å². The first kappa shape index (κ1) is 30.8. The second-order valence-corrected chi connectivity index (χ2v) is 14.9. The lowest BCUT2D eigenvalue weighted by molar-refractivity contribution is -0.132. The van der Waals surface area contributed by atoms with Gasteiger partial charge in [0.05, 0.1) is 19.5 Å². The number of aliphatic carboxylic acids is 1. The molecule has 0 radical (unpaired) electrons. The summed E-state index contributed by atoms with van der Waals surface area (Å²) in [6.07, 6.45) is 1.31. The van der Waals surface area contributed by atoms with E-state index in [1.54, 1.807) is 23.5 Å². The molecule has 3 aromatic heterocycles.